The molecular weight excluding hydrogens is 388 g/mol. The van der Waals surface area contributed by atoms with Crippen LogP contribution >= 0.6 is 0 Å². The van der Waals surface area contributed by atoms with E-state index in [-0.39, 0.29) is 6.42 Å². The van der Waals surface area contributed by atoms with Crippen molar-refractivity contribution in [3.8, 4) is 0 Å². The van der Waals surface area contributed by atoms with Crippen LogP contribution in [0.3, 0.4) is 0 Å². The van der Waals surface area contributed by atoms with E-state index < -0.39 is 36.4 Å². The SMILES string of the molecule is CC(Cc1c[nH]c2ccncc12)(OC(N)=O)C(=O)NC(CO)C(O)c1ccccc1. The van der Waals surface area contributed by atoms with E-state index in [2.05, 4.69) is 15.3 Å². The van der Waals surface area contributed by atoms with Gasteiger partial charge in [0.2, 0.25) is 0 Å². The summed E-state index contributed by atoms with van der Waals surface area (Å²) in [6.07, 6.45) is 2.70. The van der Waals surface area contributed by atoms with Gasteiger partial charge in [-0.3, -0.25) is 9.78 Å². The maximum Gasteiger partial charge on any atom is 0.405 e. The van der Waals surface area contributed by atoms with Crippen molar-refractivity contribution in [3.63, 3.8) is 0 Å². The van der Waals surface area contributed by atoms with Crippen LogP contribution in [0.15, 0.2) is 55.0 Å². The zero-order chi connectivity index (χ0) is 21.7. The van der Waals surface area contributed by atoms with E-state index in [4.69, 9.17) is 10.5 Å². The van der Waals surface area contributed by atoms with Crippen molar-refractivity contribution in [1.82, 2.24) is 15.3 Å². The molecule has 0 aliphatic rings. The quantitative estimate of drug-likeness (QED) is 0.375. The Morgan fingerprint density at radius 2 is 2.03 bits per heavy atom. The van der Waals surface area contributed by atoms with E-state index >= 15 is 0 Å². The van der Waals surface area contributed by atoms with E-state index in [1.807, 2.05) is 0 Å². The molecule has 0 bridgehead atoms. The van der Waals surface area contributed by atoms with Crippen LogP contribution in [0.2, 0.25) is 0 Å². The summed E-state index contributed by atoms with van der Waals surface area (Å²) in [6.45, 7) is 0.900. The van der Waals surface area contributed by atoms with Crippen molar-refractivity contribution >= 4 is 22.9 Å². The molecule has 0 radical (unpaired) electrons. The molecule has 1 aromatic carbocycles. The summed E-state index contributed by atoms with van der Waals surface area (Å²) >= 11 is 0. The van der Waals surface area contributed by atoms with E-state index in [0.717, 1.165) is 10.9 Å². The first-order valence-corrected chi connectivity index (χ1v) is 9.37. The van der Waals surface area contributed by atoms with E-state index in [9.17, 15) is 19.8 Å². The van der Waals surface area contributed by atoms with Crippen LogP contribution in [0.4, 0.5) is 4.79 Å². The molecule has 0 saturated heterocycles. The fourth-order valence-electron chi connectivity index (χ4n) is 3.34. The normalized spacial score (nSPS) is 15.2. The smallest absolute Gasteiger partial charge is 0.405 e. The second-order valence-electron chi connectivity index (χ2n) is 7.18. The molecule has 3 rings (SSSR count). The molecular formula is C21H24N4O5. The Bertz CT molecular complexity index is 1020. The van der Waals surface area contributed by atoms with Gasteiger partial charge in [-0.25, -0.2) is 4.79 Å². The first kappa shape index (κ1) is 21.3. The predicted octanol–water partition coefficient (Wildman–Crippen LogP) is 1.17. The van der Waals surface area contributed by atoms with Gasteiger partial charge >= 0.3 is 6.09 Å². The highest BCUT2D eigenvalue weighted by Gasteiger charge is 2.40. The first-order valence-electron chi connectivity index (χ1n) is 9.37. The molecule has 158 valence electrons. The second-order valence-corrected chi connectivity index (χ2v) is 7.18. The predicted molar refractivity (Wildman–Crippen MR) is 109 cm³/mol. The van der Waals surface area contributed by atoms with Gasteiger partial charge in [0.1, 0.15) is 6.10 Å². The lowest BCUT2D eigenvalue weighted by molar-refractivity contribution is -0.140. The van der Waals surface area contributed by atoms with E-state index in [0.29, 0.717) is 11.1 Å². The summed E-state index contributed by atoms with van der Waals surface area (Å²) in [5.41, 5.74) is 5.57. The number of nitrogens with one attached hydrogen (secondary N) is 2. The number of hydrogen-bond donors (Lipinski definition) is 5. The number of ether oxygens (including phenoxy) is 1. The number of pyridine rings is 1. The molecule has 3 atom stereocenters. The number of nitrogens with zero attached hydrogens (tertiary/aromatic N) is 1. The Labute approximate surface area is 172 Å². The van der Waals surface area contributed by atoms with Gasteiger partial charge in [-0.2, -0.15) is 0 Å². The number of rotatable bonds is 8. The van der Waals surface area contributed by atoms with Crippen LogP contribution < -0.4 is 11.1 Å². The number of nitrogens with two attached hydrogens (primary N) is 1. The number of primary amides is 1. The summed E-state index contributed by atoms with van der Waals surface area (Å²) in [6, 6.07) is 9.38. The molecule has 2 amide bonds. The molecule has 0 aliphatic carbocycles. The fraction of sp³-hybridized carbons (Fsp3) is 0.286. The number of fused-ring (bicyclic) bond motifs is 1. The Morgan fingerprint density at radius 1 is 1.30 bits per heavy atom. The Balaban J connectivity index is 1.84. The van der Waals surface area contributed by atoms with Crippen molar-refractivity contribution in [3.05, 3.63) is 66.1 Å². The number of aromatic amines is 1. The van der Waals surface area contributed by atoms with Gasteiger partial charge in [0, 0.05) is 35.9 Å². The summed E-state index contributed by atoms with van der Waals surface area (Å²) in [5, 5.41) is 23.6. The van der Waals surface area contributed by atoms with Crippen molar-refractivity contribution in [2.75, 3.05) is 6.61 Å². The molecule has 0 saturated carbocycles. The standard InChI is InChI=1S/C21H24N4O5/c1-21(30-20(22)29,9-14-10-24-16-7-8-23-11-15(14)16)19(28)25-17(12-26)18(27)13-5-3-2-4-6-13/h2-8,10-11,17-18,24,26-27H,9,12H2,1H3,(H2,22,29)(H,25,28). The maximum absolute atomic E-state index is 13.1. The molecule has 2 aromatic heterocycles. The van der Waals surface area contributed by atoms with E-state index in [1.165, 1.54) is 6.92 Å². The largest absolute Gasteiger partial charge is 0.433 e. The lowest BCUT2D eigenvalue weighted by Gasteiger charge is -2.31. The Hall–Kier alpha value is -3.43. The van der Waals surface area contributed by atoms with Crippen molar-refractivity contribution in [2.45, 2.75) is 31.1 Å². The number of carbonyl (C=O) groups excluding carboxylic acids is 2. The first-order chi connectivity index (χ1) is 14.3. The average molecular weight is 412 g/mol. The average Bonchev–Trinajstić information content (AvgIpc) is 3.14. The highest BCUT2D eigenvalue weighted by molar-refractivity contribution is 5.89. The minimum atomic E-state index is -1.68. The number of aliphatic hydroxyl groups excluding tert-OH is 2. The summed E-state index contributed by atoms with van der Waals surface area (Å²) in [7, 11) is 0. The van der Waals surface area contributed by atoms with Crippen LogP contribution in [0.1, 0.15) is 24.2 Å². The fourth-order valence-corrected chi connectivity index (χ4v) is 3.34. The minimum absolute atomic E-state index is 0.00699. The van der Waals surface area contributed by atoms with Crippen LogP contribution in [0.25, 0.3) is 10.9 Å². The van der Waals surface area contributed by atoms with E-state index in [1.54, 1.807) is 55.0 Å². The van der Waals surface area contributed by atoms with Crippen molar-refractivity contribution in [1.29, 1.82) is 0 Å². The lowest BCUT2D eigenvalue weighted by Crippen LogP contribution is -2.55. The van der Waals surface area contributed by atoms with Crippen LogP contribution in [0, 0.1) is 0 Å². The molecule has 9 nitrogen and oxygen atoms in total. The zero-order valence-electron chi connectivity index (χ0n) is 16.4. The maximum atomic E-state index is 13.1. The van der Waals surface area contributed by atoms with Gasteiger partial charge in [0.15, 0.2) is 5.60 Å². The lowest BCUT2D eigenvalue weighted by atomic mass is 9.94. The molecule has 0 spiro atoms. The summed E-state index contributed by atoms with van der Waals surface area (Å²) < 4.78 is 5.18. The number of carbonyl (C=O) groups is 2. The molecule has 9 heteroatoms. The van der Waals surface area contributed by atoms with Crippen LogP contribution in [-0.4, -0.2) is 50.4 Å². The third-order valence-electron chi connectivity index (χ3n) is 4.94. The third kappa shape index (κ3) is 4.58. The number of H-pyrrole nitrogens is 1. The number of hydrogen-bond acceptors (Lipinski definition) is 6. The topological polar surface area (TPSA) is 151 Å². The van der Waals surface area contributed by atoms with Crippen molar-refractivity contribution in [2.24, 2.45) is 5.73 Å². The van der Waals surface area contributed by atoms with Crippen molar-refractivity contribution < 1.29 is 24.5 Å². The molecule has 0 aliphatic heterocycles. The number of benzene rings is 1. The van der Waals surface area contributed by atoms with Gasteiger partial charge < -0.3 is 31.0 Å². The molecule has 2 heterocycles. The Morgan fingerprint density at radius 3 is 2.70 bits per heavy atom. The monoisotopic (exact) mass is 412 g/mol. The molecule has 30 heavy (non-hydrogen) atoms. The number of aliphatic hydroxyl groups is 2. The highest BCUT2D eigenvalue weighted by Crippen LogP contribution is 2.25. The van der Waals surface area contributed by atoms with Gasteiger partial charge in [-0.15, -0.1) is 0 Å². The number of amides is 2. The van der Waals surface area contributed by atoms with Crippen LogP contribution in [0.5, 0.6) is 0 Å². The number of aromatic nitrogens is 2. The second kappa shape index (κ2) is 8.93. The van der Waals surface area contributed by atoms with Gasteiger partial charge in [-0.1, -0.05) is 30.3 Å². The third-order valence-corrected chi connectivity index (χ3v) is 4.94. The molecule has 0 fully saturated rings. The van der Waals surface area contributed by atoms with Gasteiger partial charge in [-0.05, 0) is 24.1 Å². The molecule has 6 N–H and O–H groups in total. The highest BCUT2D eigenvalue weighted by atomic mass is 16.6. The van der Waals surface area contributed by atoms with Gasteiger partial charge in [0.05, 0.1) is 12.6 Å². The van der Waals surface area contributed by atoms with Crippen LogP contribution in [-0.2, 0) is 16.0 Å². The van der Waals surface area contributed by atoms with Gasteiger partial charge in [0.25, 0.3) is 5.91 Å². The molecule has 3 unspecified atom stereocenters. The summed E-state index contributed by atoms with van der Waals surface area (Å²) in [5.74, 6) is -0.700. The minimum Gasteiger partial charge on any atom is -0.433 e. The Kier molecular flexibility index (Phi) is 6.34. The molecule has 3 aromatic rings. The summed E-state index contributed by atoms with van der Waals surface area (Å²) in [4.78, 5) is 31.8. The zero-order valence-corrected chi connectivity index (χ0v) is 16.4.